The van der Waals surface area contributed by atoms with E-state index in [1.165, 1.54) is 6.07 Å². The van der Waals surface area contributed by atoms with Crippen LogP contribution in [0.15, 0.2) is 77.7 Å². The van der Waals surface area contributed by atoms with E-state index >= 15 is 0 Å². The fourth-order valence-electron chi connectivity index (χ4n) is 5.53. The first-order chi connectivity index (χ1) is 18.3. The minimum Gasteiger partial charge on any atom is -0.343 e. The largest absolute Gasteiger partial charge is 0.343 e. The second-order valence-electron chi connectivity index (χ2n) is 9.91. The van der Waals surface area contributed by atoms with E-state index in [4.69, 9.17) is 0 Å². The number of carbonyl (C=O) groups is 2. The van der Waals surface area contributed by atoms with E-state index in [2.05, 4.69) is 10.0 Å². The molecule has 3 aromatic rings. The summed E-state index contributed by atoms with van der Waals surface area (Å²) in [5.74, 6) is -2.42. The molecule has 1 fully saturated rings. The minimum absolute atomic E-state index is 0. The molecule has 39 heavy (non-hydrogen) atoms. The van der Waals surface area contributed by atoms with E-state index in [0.29, 0.717) is 19.5 Å². The summed E-state index contributed by atoms with van der Waals surface area (Å²) in [7, 11) is -4.19. The molecular weight excluding hydrogens is 534 g/mol. The molecule has 0 spiro atoms. The second kappa shape index (κ2) is 13.9. The van der Waals surface area contributed by atoms with Crippen molar-refractivity contribution in [3.05, 3.63) is 78.4 Å². The third-order valence-corrected chi connectivity index (χ3v) is 8.97. The van der Waals surface area contributed by atoms with Crippen LogP contribution in [-0.2, 0) is 26.0 Å². The van der Waals surface area contributed by atoms with Gasteiger partial charge in [-0.2, -0.15) is 0 Å². The maximum absolute atomic E-state index is 13.9. The maximum atomic E-state index is 13.9. The van der Waals surface area contributed by atoms with Crippen LogP contribution in [0.5, 0.6) is 0 Å². The molecule has 0 aromatic heterocycles. The van der Waals surface area contributed by atoms with Gasteiger partial charge in [0.05, 0.1) is 4.90 Å². The van der Waals surface area contributed by atoms with Gasteiger partial charge in [-0.3, -0.25) is 9.59 Å². The number of carbonyl (C=O) groups excluding carboxylic acids is 2. The number of amides is 2. The summed E-state index contributed by atoms with van der Waals surface area (Å²) in [6, 6.07) is 22.0. The van der Waals surface area contributed by atoms with Gasteiger partial charge in [-0.25, -0.2) is 13.1 Å². The first-order valence-corrected chi connectivity index (χ1v) is 14.9. The number of piperidine rings is 1. The van der Waals surface area contributed by atoms with Crippen molar-refractivity contribution in [2.24, 2.45) is 17.8 Å². The summed E-state index contributed by atoms with van der Waals surface area (Å²) in [4.78, 5) is 29.4. The molecule has 2 amide bonds. The third-order valence-electron chi connectivity index (χ3n) is 7.62. The highest BCUT2D eigenvalue weighted by Gasteiger charge is 2.42. The summed E-state index contributed by atoms with van der Waals surface area (Å²) in [5, 5.41) is 5.02. The number of rotatable bonds is 10. The number of fused-ring (bicyclic) bond motifs is 1. The molecule has 0 bridgehead atoms. The lowest BCUT2D eigenvalue weighted by Gasteiger charge is -2.37. The van der Waals surface area contributed by atoms with E-state index < -0.39 is 21.8 Å². The molecule has 1 heterocycles. The number of sulfonamides is 1. The first kappa shape index (κ1) is 30.6. The molecule has 2 N–H and O–H groups in total. The van der Waals surface area contributed by atoms with Crippen molar-refractivity contribution < 1.29 is 18.0 Å². The Kier molecular flexibility index (Phi) is 10.9. The van der Waals surface area contributed by atoms with Crippen LogP contribution in [-0.4, -0.2) is 51.3 Å². The van der Waals surface area contributed by atoms with Gasteiger partial charge in [0.1, 0.15) is 5.92 Å². The Morgan fingerprint density at radius 2 is 1.54 bits per heavy atom. The van der Waals surface area contributed by atoms with Gasteiger partial charge in [-0.05, 0) is 86.5 Å². The molecule has 0 radical (unpaired) electrons. The van der Waals surface area contributed by atoms with E-state index in [-0.39, 0.29) is 35.0 Å². The number of benzene rings is 3. The Morgan fingerprint density at radius 3 is 2.18 bits per heavy atom. The number of hydrogen-bond donors (Lipinski definition) is 2. The zero-order valence-electron chi connectivity index (χ0n) is 22.5. The van der Waals surface area contributed by atoms with Crippen LogP contribution in [0.3, 0.4) is 0 Å². The summed E-state index contributed by atoms with van der Waals surface area (Å²) in [5.41, 5.74) is 1.03. The van der Waals surface area contributed by atoms with Crippen molar-refractivity contribution in [1.29, 1.82) is 0 Å². The van der Waals surface area contributed by atoms with Gasteiger partial charge in [-0.1, -0.05) is 60.7 Å². The molecule has 2 unspecified atom stereocenters. The average molecular weight is 572 g/mol. The van der Waals surface area contributed by atoms with Crippen molar-refractivity contribution >= 4 is 45.0 Å². The molecule has 0 saturated carbocycles. The Balaban J connectivity index is 0.00000420. The molecule has 1 aliphatic rings. The number of nitrogens with one attached hydrogen (secondary N) is 2. The SMILES string of the molecule is CCN(CC)C(=O)C(C(=O)NS(=O)(=O)c1ccc2ccccc2c1)C(Cc1ccccc1)C1CCNCC1.Cl. The van der Waals surface area contributed by atoms with Crippen molar-refractivity contribution in [2.45, 2.75) is 38.0 Å². The van der Waals surface area contributed by atoms with Crippen LogP contribution in [0.4, 0.5) is 0 Å². The molecule has 9 heteroatoms. The fraction of sp³-hybridized carbons (Fsp3) is 0.400. The lowest BCUT2D eigenvalue weighted by molar-refractivity contribution is -0.144. The molecule has 2 atom stereocenters. The predicted octanol–water partition coefficient (Wildman–Crippen LogP) is 4.41. The predicted molar refractivity (Wildman–Crippen MR) is 157 cm³/mol. The summed E-state index contributed by atoms with van der Waals surface area (Å²) in [6.45, 7) is 6.25. The molecular formula is C30H38ClN3O4S. The summed E-state index contributed by atoms with van der Waals surface area (Å²) < 4.78 is 29.1. The standard InChI is InChI=1S/C30H37N3O4S.ClH/c1-3-33(4-2)30(35)28(27(24-16-18-31-19-17-24)20-22-10-6-5-7-11-22)29(34)32-38(36,37)26-15-14-23-12-8-9-13-25(23)21-26;/h5-15,21,24,27-28,31H,3-4,16-20H2,1-2H3,(H,32,34);1H. The summed E-state index contributed by atoms with van der Waals surface area (Å²) >= 11 is 0. The average Bonchev–Trinajstić information content (AvgIpc) is 2.94. The molecule has 3 aromatic carbocycles. The van der Waals surface area contributed by atoms with Gasteiger partial charge in [-0.15, -0.1) is 12.4 Å². The normalized spacial score (nSPS) is 15.6. The van der Waals surface area contributed by atoms with Gasteiger partial charge in [0.2, 0.25) is 11.8 Å². The highest BCUT2D eigenvalue weighted by Crippen LogP contribution is 2.33. The van der Waals surface area contributed by atoms with E-state index in [1.807, 2.05) is 68.4 Å². The monoisotopic (exact) mass is 571 g/mol. The number of nitrogens with zero attached hydrogens (tertiary/aromatic N) is 1. The minimum atomic E-state index is -4.19. The molecule has 4 rings (SSSR count). The third kappa shape index (κ3) is 7.38. The summed E-state index contributed by atoms with van der Waals surface area (Å²) in [6.07, 6.45) is 2.17. The Hall–Kier alpha value is -2.94. The quantitative estimate of drug-likeness (QED) is 0.352. The highest BCUT2D eigenvalue weighted by molar-refractivity contribution is 7.90. The van der Waals surface area contributed by atoms with Crippen LogP contribution < -0.4 is 10.0 Å². The Morgan fingerprint density at radius 1 is 0.923 bits per heavy atom. The van der Waals surface area contributed by atoms with Gasteiger partial charge in [0.25, 0.3) is 10.0 Å². The Bertz CT molecular complexity index is 1360. The zero-order chi connectivity index (χ0) is 27.1. The van der Waals surface area contributed by atoms with Crippen LogP contribution >= 0.6 is 12.4 Å². The van der Waals surface area contributed by atoms with Gasteiger partial charge in [0, 0.05) is 13.1 Å². The van der Waals surface area contributed by atoms with Gasteiger partial charge in [0.15, 0.2) is 0 Å². The zero-order valence-corrected chi connectivity index (χ0v) is 24.1. The van der Waals surface area contributed by atoms with Crippen LogP contribution in [0.1, 0.15) is 32.3 Å². The van der Waals surface area contributed by atoms with E-state index in [1.54, 1.807) is 17.0 Å². The number of halogens is 1. The highest BCUT2D eigenvalue weighted by atomic mass is 35.5. The lowest BCUT2D eigenvalue weighted by Crippen LogP contribution is -2.51. The van der Waals surface area contributed by atoms with Crippen LogP contribution in [0, 0.1) is 17.8 Å². The Labute approximate surface area is 237 Å². The molecule has 1 saturated heterocycles. The smallest absolute Gasteiger partial charge is 0.264 e. The first-order valence-electron chi connectivity index (χ1n) is 13.4. The lowest BCUT2D eigenvalue weighted by atomic mass is 9.73. The maximum Gasteiger partial charge on any atom is 0.264 e. The van der Waals surface area contributed by atoms with Crippen molar-refractivity contribution in [1.82, 2.24) is 14.9 Å². The molecule has 7 nitrogen and oxygen atoms in total. The second-order valence-corrected chi connectivity index (χ2v) is 11.6. The fourth-order valence-corrected chi connectivity index (χ4v) is 6.57. The van der Waals surface area contributed by atoms with Gasteiger partial charge < -0.3 is 10.2 Å². The topological polar surface area (TPSA) is 95.6 Å². The molecule has 0 aliphatic carbocycles. The van der Waals surface area contributed by atoms with Crippen LogP contribution in [0.25, 0.3) is 10.8 Å². The van der Waals surface area contributed by atoms with Crippen molar-refractivity contribution in [3.8, 4) is 0 Å². The number of hydrogen-bond acceptors (Lipinski definition) is 5. The van der Waals surface area contributed by atoms with Crippen LogP contribution in [0.2, 0.25) is 0 Å². The van der Waals surface area contributed by atoms with E-state index in [0.717, 1.165) is 42.3 Å². The van der Waals surface area contributed by atoms with Crippen molar-refractivity contribution in [2.75, 3.05) is 26.2 Å². The van der Waals surface area contributed by atoms with E-state index in [9.17, 15) is 18.0 Å². The molecule has 210 valence electrons. The molecule has 1 aliphatic heterocycles. The van der Waals surface area contributed by atoms with Gasteiger partial charge >= 0.3 is 0 Å². The van der Waals surface area contributed by atoms with Crippen molar-refractivity contribution in [3.63, 3.8) is 0 Å².